The lowest BCUT2D eigenvalue weighted by atomic mass is 9.98. The molecule has 1 atom stereocenters. The third kappa shape index (κ3) is 5.08. The molecule has 176 valence electrons. The van der Waals surface area contributed by atoms with Crippen molar-refractivity contribution in [3.8, 4) is 11.1 Å². The molecule has 0 spiro atoms. The Labute approximate surface area is 198 Å². The van der Waals surface area contributed by atoms with Crippen LogP contribution in [-0.2, 0) is 10.0 Å². The zero-order valence-electron chi connectivity index (χ0n) is 18.7. The molecule has 0 aromatic heterocycles. The number of benzene rings is 3. The SMILES string of the molecule is Cc1cc(-c2ccccc2)cc(C(=O)CNS(=O)(=O)C2CCN(C(=O)c3ccccc3)C2)c1F. The summed E-state index contributed by atoms with van der Waals surface area (Å²) >= 11 is 0. The summed E-state index contributed by atoms with van der Waals surface area (Å²) in [5.74, 6) is -1.55. The molecule has 1 aliphatic heterocycles. The Morgan fingerprint density at radius 2 is 1.65 bits per heavy atom. The maximum Gasteiger partial charge on any atom is 0.253 e. The molecule has 1 amide bonds. The van der Waals surface area contributed by atoms with Crippen molar-refractivity contribution < 1.29 is 22.4 Å². The van der Waals surface area contributed by atoms with Gasteiger partial charge in [-0.15, -0.1) is 0 Å². The standard InChI is InChI=1S/C26H25FN2O4S/c1-18-14-21(19-8-4-2-5-9-19)15-23(25(18)27)24(30)16-28-34(32,33)22-12-13-29(17-22)26(31)20-10-6-3-7-11-20/h2-11,14-15,22,28H,12-13,16-17H2,1H3. The van der Waals surface area contributed by atoms with E-state index in [2.05, 4.69) is 4.72 Å². The van der Waals surface area contributed by atoms with Crippen LogP contribution in [0.1, 0.15) is 32.7 Å². The second kappa shape index (κ2) is 9.87. The lowest BCUT2D eigenvalue weighted by Gasteiger charge is -2.17. The molecule has 3 aromatic rings. The summed E-state index contributed by atoms with van der Waals surface area (Å²) in [7, 11) is -3.88. The molecule has 8 heteroatoms. The molecule has 0 aliphatic carbocycles. The van der Waals surface area contributed by atoms with E-state index < -0.39 is 33.4 Å². The van der Waals surface area contributed by atoms with Crippen molar-refractivity contribution >= 4 is 21.7 Å². The Kier molecular flexibility index (Phi) is 6.90. The second-order valence-electron chi connectivity index (χ2n) is 8.34. The van der Waals surface area contributed by atoms with Gasteiger partial charge in [-0.05, 0) is 54.3 Å². The number of carbonyl (C=O) groups is 2. The molecule has 6 nitrogen and oxygen atoms in total. The minimum atomic E-state index is -3.88. The Morgan fingerprint density at radius 1 is 1.00 bits per heavy atom. The van der Waals surface area contributed by atoms with Crippen LogP contribution in [0, 0.1) is 12.7 Å². The molecule has 1 fully saturated rings. The van der Waals surface area contributed by atoms with E-state index in [-0.39, 0.29) is 24.4 Å². The molecule has 0 radical (unpaired) electrons. The van der Waals surface area contributed by atoms with Crippen molar-refractivity contribution in [2.75, 3.05) is 19.6 Å². The van der Waals surface area contributed by atoms with Gasteiger partial charge >= 0.3 is 0 Å². The number of hydrogen-bond acceptors (Lipinski definition) is 4. The molecule has 3 aromatic carbocycles. The summed E-state index contributed by atoms with van der Waals surface area (Å²) in [6.45, 7) is 1.36. The summed E-state index contributed by atoms with van der Waals surface area (Å²) in [6, 6.07) is 21.0. The summed E-state index contributed by atoms with van der Waals surface area (Å²) in [4.78, 5) is 26.9. The zero-order chi connectivity index (χ0) is 24.3. The fourth-order valence-corrected chi connectivity index (χ4v) is 5.44. The van der Waals surface area contributed by atoms with Crippen LogP contribution < -0.4 is 4.72 Å². The highest BCUT2D eigenvalue weighted by Crippen LogP contribution is 2.25. The van der Waals surface area contributed by atoms with E-state index in [0.29, 0.717) is 23.2 Å². The number of halogens is 1. The highest BCUT2D eigenvalue weighted by Gasteiger charge is 2.35. The number of likely N-dealkylation sites (tertiary alicyclic amines) is 1. The first-order valence-electron chi connectivity index (χ1n) is 11.0. The average molecular weight is 481 g/mol. The fraction of sp³-hybridized carbons (Fsp3) is 0.231. The predicted octanol–water partition coefficient (Wildman–Crippen LogP) is 3.82. The normalized spacial score (nSPS) is 15.9. The Bertz CT molecular complexity index is 1310. The molecule has 1 unspecified atom stereocenters. The maximum atomic E-state index is 14.7. The van der Waals surface area contributed by atoms with Gasteiger partial charge in [-0.2, -0.15) is 0 Å². The van der Waals surface area contributed by atoms with Gasteiger partial charge in [0.2, 0.25) is 10.0 Å². The number of hydrogen-bond donors (Lipinski definition) is 1. The topological polar surface area (TPSA) is 83.6 Å². The number of rotatable bonds is 7. The van der Waals surface area contributed by atoms with Gasteiger partial charge in [-0.1, -0.05) is 48.5 Å². The smallest absolute Gasteiger partial charge is 0.253 e. The van der Waals surface area contributed by atoms with Crippen molar-refractivity contribution in [1.29, 1.82) is 0 Å². The van der Waals surface area contributed by atoms with Gasteiger partial charge in [-0.25, -0.2) is 17.5 Å². The predicted molar refractivity (Wildman–Crippen MR) is 129 cm³/mol. The lowest BCUT2D eigenvalue weighted by molar-refractivity contribution is 0.0792. The summed E-state index contributed by atoms with van der Waals surface area (Å²) in [6.07, 6.45) is 0.263. The molecule has 4 rings (SSSR count). The van der Waals surface area contributed by atoms with Crippen LogP contribution in [0.2, 0.25) is 0 Å². The van der Waals surface area contributed by atoms with Crippen molar-refractivity contribution in [3.05, 3.63) is 95.3 Å². The molecule has 1 aliphatic rings. The Balaban J connectivity index is 1.44. The van der Waals surface area contributed by atoms with Gasteiger partial charge in [0.05, 0.1) is 17.4 Å². The number of carbonyl (C=O) groups excluding carboxylic acids is 2. The van der Waals surface area contributed by atoms with Crippen LogP contribution in [0.3, 0.4) is 0 Å². The molecule has 34 heavy (non-hydrogen) atoms. The molecular weight excluding hydrogens is 455 g/mol. The second-order valence-corrected chi connectivity index (χ2v) is 10.4. The minimum Gasteiger partial charge on any atom is -0.337 e. The first-order valence-corrected chi connectivity index (χ1v) is 12.5. The monoisotopic (exact) mass is 480 g/mol. The zero-order valence-corrected chi connectivity index (χ0v) is 19.5. The van der Waals surface area contributed by atoms with Crippen molar-refractivity contribution in [1.82, 2.24) is 9.62 Å². The van der Waals surface area contributed by atoms with Gasteiger partial charge in [0, 0.05) is 18.7 Å². The quantitative estimate of drug-likeness (QED) is 0.521. The highest BCUT2D eigenvalue weighted by atomic mass is 32.2. The minimum absolute atomic E-state index is 0.0359. The van der Waals surface area contributed by atoms with Gasteiger partial charge in [0.1, 0.15) is 5.82 Å². The van der Waals surface area contributed by atoms with Crippen LogP contribution in [0.15, 0.2) is 72.8 Å². The molecular formula is C26H25FN2O4S. The summed E-state index contributed by atoms with van der Waals surface area (Å²) in [5.41, 5.74) is 2.14. The number of sulfonamides is 1. The van der Waals surface area contributed by atoms with Crippen LogP contribution in [-0.4, -0.2) is 49.9 Å². The van der Waals surface area contributed by atoms with E-state index in [1.54, 1.807) is 43.3 Å². The van der Waals surface area contributed by atoms with Crippen LogP contribution in [0.25, 0.3) is 11.1 Å². The van der Waals surface area contributed by atoms with E-state index in [0.717, 1.165) is 5.56 Å². The Hall–Kier alpha value is -3.36. The fourth-order valence-electron chi connectivity index (χ4n) is 4.08. The molecule has 0 bridgehead atoms. The van der Waals surface area contributed by atoms with Crippen LogP contribution in [0.4, 0.5) is 4.39 Å². The van der Waals surface area contributed by atoms with Gasteiger partial charge in [0.15, 0.2) is 5.78 Å². The van der Waals surface area contributed by atoms with E-state index in [9.17, 15) is 22.4 Å². The molecule has 1 saturated heterocycles. The largest absolute Gasteiger partial charge is 0.337 e. The average Bonchev–Trinajstić information content (AvgIpc) is 3.36. The number of Topliss-reactive ketones (excluding diaryl/α,β-unsaturated/α-hetero) is 1. The Morgan fingerprint density at radius 3 is 2.32 bits per heavy atom. The number of nitrogens with zero attached hydrogens (tertiary/aromatic N) is 1. The highest BCUT2D eigenvalue weighted by molar-refractivity contribution is 7.90. The van der Waals surface area contributed by atoms with Crippen molar-refractivity contribution in [3.63, 3.8) is 0 Å². The molecule has 0 saturated carbocycles. The third-order valence-electron chi connectivity index (χ3n) is 5.99. The van der Waals surface area contributed by atoms with Crippen LogP contribution in [0.5, 0.6) is 0 Å². The number of ketones is 1. The van der Waals surface area contributed by atoms with Crippen molar-refractivity contribution in [2.24, 2.45) is 0 Å². The summed E-state index contributed by atoms with van der Waals surface area (Å²) in [5, 5.41) is -0.838. The first kappa shape index (κ1) is 23.8. The van der Waals surface area contributed by atoms with E-state index in [4.69, 9.17) is 0 Å². The van der Waals surface area contributed by atoms with Crippen LogP contribution >= 0.6 is 0 Å². The number of aryl methyl sites for hydroxylation is 1. The molecule has 1 heterocycles. The van der Waals surface area contributed by atoms with Gasteiger partial charge in [0.25, 0.3) is 5.91 Å². The van der Waals surface area contributed by atoms with Crippen molar-refractivity contribution in [2.45, 2.75) is 18.6 Å². The lowest BCUT2D eigenvalue weighted by Crippen LogP contribution is -2.40. The van der Waals surface area contributed by atoms with E-state index >= 15 is 0 Å². The third-order valence-corrected chi connectivity index (χ3v) is 7.80. The van der Waals surface area contributed by atoms with Gasteiger partial charge in [-0.3, -0.25) is 9.59 Å². The van der Waals surface area contributed by atoms with E-state index in [1.165, 1.54) is 11.0 Å². The number of amides is 1. The maximum absolute atomic E-state index is 14.7. The van der Waals surface area contributed by atoms with E-state index in [1.807, 2.05) is 30.3 Å². The molecule has 1 N–H and O–H groups in total. The van der Waals surface area contributed by atoms with Gasteiger partial charge < -0.3 is 4.90 Å². The number of nitrogens with one attached hydrogen (secondary N) is 1. The first-order chi connectivity index (χ1) is 16.3. The summed E-state index contributed by atoms with van der Waals surface area (Å²) < 4.78 is 42.7.